The molecule has 0 atom stereocenters. The maximum Gasteiger partial charge on any atom is 0.306 e. The molecule has 0 unspecified atom stereocenters. The molecule has 1 rings (SSSR count). The van der Waals surface area contributed by atoms with E-state index in [4.69, 9.17) is 4.74 Å². The molecule has 0 bridgehead atoms. The fraction of sp³-hybridized carbons (Fsp3) is 0.571. The van der Waals surface area contributed by atoms with E-state index in [2.05, 4.69) is 9.72 Å². The van der Waals surface area contributed by atoms with Crippen LogP contribution in [0, 0.1) is 13.8 Å². The molecule has 0 aliphatic heterocycles. The standard InChI is InChI=1S/C14H22N2O3/c1-10-8-15-12(11(2)14(10)19-5)9-16(3)7-6-13(17)18-4/h8H,6-7,9H2,1-5H3. The summed E-state index contributed by atoms with van der Waals surface area (Å²) in [7, 11) is 5.02. The van der Waals surface area contributed by atoms with Gasteiger partial charge in [-0.2, -0.15) is 0 Å². The van der Waals surface area contributed by atoms with Crippen LogP contribution in [-0.2, 0) is 16.1 Å². The molecular formula is C14H22N2O3. The molecule has 19 heavy (non-hydrogen) atoms. The predicted molar refractivity (Wildman–Crippen MR) is 73.2 cm³/mol. The van der Waals surface area contributed by atoms with Gasteiger partial charge in [-0.05, 0) is 20.9 Å². The number of hydrogen-bond donors (Lipinski definition) is 0. The van der Waals surface area contributed by atoms with Gasteiger partial charge < -0.3 is 9.47 Å². The first-order chi connectivity index (χ1) is 8.99. The Balaban J connectivity index is 2.69. The van der Waals surface area contributed by atoms with E-state index in [-0.39, 0.29) is 5.97 Å². The van der Waals surface area contributed by atoms with Gasteiger partial charge >= 0.3 is 5.97 Å². The fourth-order valence-electron chi connectivity index (χ4n) is 1.95. The maximum absolute atomic E-state index is 11.1. The Kier molecular flexibility index (Phi) is 5.76. The molecule has 0 amide bonds. The van der Waals surface area contributed by atoms with Crippen LogP contribution in [0.3, 0.4) is 0 Å². The number of rotatable bonds is 6. The minimum atomic E-state index is -0.196. The SMILES string of the molecule is COC(=O)CCN(C)Cc1ncc(C)c(OC)c1C. The first-order valence-electron chi connectivity index (χ1n) is 6.24. The van der Waals surface area contributed by atoms with Crippen LogP contribution in [0.5, 0.6) is 5.75 Å². The van der Waals surface area contributed by atoms with E-state index in [0.717, 1.165) is 22.6 Å². The molecule has 106 valence electrons. The smallest absolute Gasteiger partial charge is 0.306 e. The summed E-state index contributed by atoms with van der Waals surface area (Å²) < 4.78 is 10.0. The molecule has 0 aliphatic rings. The van der Waals surface area contributed by atoms with Crippen LogP contribution in [0.4, 0.5) is 0 Å². The Bertz CT molecular complexity index is 447. The first-order valence-corrected chi connectivity index (χ1v) is 6.24. The van der Waals surface area contributed by atoms with Gasteiger partial charge in [-0.25, -0.2) is 0 Å². The summed E-state index contributed by atoms with van der Waals surface area (Å²) >= 11 is 0. The van der Waals surface area contributed by atoms with E-state index in [0.29, 0.717) is 19.5 Å². The number of aromatic nitrogens is 1. The van der Waals surface area contributed by atoms with E-state index in [1.54, 1.807) is 7.11 Å². The van der Waals surface area contributed by atoms with Gasteiger partial charge in [-0.3, -0.25) is 14.7 Å². The molecule has 0 aliphatic carbocycles. The largest absolute Gasteiger partial charge is 0.496 e. The van der Waals surface area contributed by atoms with Crippen LogP contribution in [0.15, 0.2) is 6.20 Å². The molecule has 0 spiro atoms. The molecule has 0 N–H and O–H groups in total. The van der Waals surface area contributed by atoms with E-state index < -0.39 is 0 Å². The van der Waals surface area contributed by atoms with Crippen molar-refractivity contribution in [1.29, 1.82) is 0 Å². The summed E-state index contributed by atoms with van der Waals surface area (Å²) in [5, 5.41) is 0. The number of aryl methyl sites for hydroxylation is 1. The summed E-state index contributed by atoms with van der Waals surface area (Å²) in [6.45, 7) is 5.30. The van der Waals surface area contributed by atoms with Gasteiger partial charge in [-0.1, -0.05) is 0 Å². The Morgan fingerprint density at radius 3 is 2.63 bits per heavy atom. The molecule has 0 fully saturated rings. The van der Waals surface area contributed by atoms with Gasteiger partial charge in [0.2, 0.25) is 0 Å². The average Bonchev–Trinajstić information content (AvgIpc) is 2.40. The van der Waals surface area contributed by atoms with Crippen molar-refractivity contribution in [2.45, 2.75) is 26.8 Å². The lowest BCUT2D eigenvalue weighted by Crippen LogP contribution is -2.23. The van der Waals surface area contributed by atoms with Crippen molar-refractivity contribution in [2.75, 3.05) is 27.8 Å². The third-order valence-electron chi connectivity index (χ3n) is 3.09. The third-order valence-corrected chi connectivity index (χ3v) is 3.09. The van der Waals surface area contributed by atoms with E-state index in [9.17, 15) is 4.79 Å². The topological polar surface area (TPSA) is 51.7 Å². The minimum absolute atomic E-state index is 0.196. The highest BCUT2D eigenvalue weighted by Crippen LogP contribution is 2.24. The highest BCUT2D eigenvalue weighted by atomic mass is 16.5. The van der Waals surface area contributed by atoms with Crippen LogP contribution < -0.4 is 4.74 Å². The van der Waals surface area contributed by atoms with Gasteiger partial charge in [0.15, 0.2) is 0 Å². The monoisotopic (exact) mass is 266 g/mol. The molecule has 5 nitrogen and oxygen atoms in total. The van der Waals surface area contributed by atoms with Crippen LogP contribution in [0.1, 0.15) is 23.2 Å². The van der Waals surface area contributed by atoms with Crippen molar-refractivity contribution in [3.05, 3.63) is 23.0 Å². The second-order valence-electron chi connectivity index (χ2n) is 4.61. The van der Waals surface area contributed by atoms with Crippen molar-refractivity contribution in [2.24, 2.45) is 0 Å². The van der Waals surface area contributed by atoms with Crippen LogP contribution in [0.25, 0.3) is 0 Å². The summed E-state index contributed by atoms with van der Waals surface area (Å²) in [6, 6.07) is 0. The Labute approximate surface area is 114 Å². The summed E-state index contributed by atoms with van der Waals surface area (Å²) in [5.41, 5.74) is 3.04. The predicted octanol–water partition coefficient (Wildman–Crippen LogP) is 1.70. The number of pyridine rings is 1. The Morgan fingerprint density at radius 2 is 2.05 bits per heavy atom. The molecule has 0 saturated carbocycles. The molecule has 0 saturated heterocycles. The lowest BCUT2D eigenvalue weighted by molar-refractivity contribution is -0.140. The summed E-state index contributed by atoms with van der Waals surface area (Å²) in [4.78, 5) is 17.6. The van der Waals surface area contributed by atoms with Gasteiger partial charge in [-0.15, -0.1) is 0 Å². The lowest BCUT2D eigenvalue weighted by atomic mass is 10.1. The van der Waals surface area contributed by atoms with Crippen molar-refractivity contribution in [1.82, 2.24) is 9.88 Å². The van der Waals surface area contributed by atoms with Crippen molar-refractivity contribution >= 4 is 5.97 Å². The first kappa shape index (κ1) is 15.4. The number of hydrogen-bond acceptors (Lipinski definition) is 5. The highest BCUT2D eigenvalue weighted by molar-refractivity contribution is 5.69. The Morgan fingerprint density at radius 1 is 1.37 bits per heavy atom. The lowest BCUT2D eigenvalue weighted by Gasteiger charge is -2.18. The third kappa shape index (κ3) is 4.21. The summed E-state index contributed by atoms with van der Waals surface area (Å²) in [6.07, 6.45) is 2.20. The zero-order valence-corrected chi connectivity index (χ0v) is 12.3. The second kappa shape index (κ2) is 7.09. The van der Waals surface area contributed by atoms with Gasteiger partial charge in [0, 0.05) is 30.4 Å². The normalized spacial score (nSPS) is 10.6. The van der Waals surface area contributed by atoms with Crippen LogP contribution in [0.2, 0.25) is 0 Å². The quantitative estimate of drug-likeness (QED) is 0.734. The number of nitrogens with zero attached hydrogens (tertiary/aromatic N) is 2. The highest BCUT2D eigenvalue weighted by Gasteiger charge is 2.12. The number of methoxy groups -OCH3 is 2. The number of esters is 1. The van der Waals surface area contributed by atoms with E-state index in [1.807, 2.05) is 32.0 Å². The van der Waals surface area contributed by atoms with Gasteiger partial charge in [0.05, 0.1) is 26.3 Å². The zero-order valence-electron chi connectivity index (χ0n) is 12.3. The van der Waals surface area contributed by atoms with Crippen molar-refractivity contribution in [3.8, 4) is 5.75 Å². The molecule has 5 heteroatoms. The second-order valence-corrected chi connectivity index (χ2v) is 4.61. The van der Waals surface area contributed by atoms with Crippen LogP contribution in [-0.4, -0.2) is 43.7 Å². The molecule has 0 radical (unpaired) electrons. The molecular weight excluding hydrogens is 244 g/mol. The molecule has 0 aromatic carbocycles. The maximum atomic E-state index is 11.1. The zero-order chi connectivity index (χ0) is 14.4. The number of carbonyl (C=O) groups is 1. The average molecular weight is 266 g/mol. The molecule has 1 heterocycles. The number of carbonyl (C=O) groups excluding carboxylic acids is 1. The fourth-order valence-corrected chi connectivity index (χ4v) is 1.95. The minimum Gasteiger partial charge on any atom is -0.496 e. The van der Waals surface area contributed by atoms with E-state index >= 15 is 0 Å². The van der Waals surface area contributed by atoms with Crippen molar-refractivity contribution in [3.63, 3.8) is 0 Å². The molecule has 1 aromatic rings. The summed E-state index contributed by atoms with van der Waals surface area (Å²) in [5.74, 6) is 0.685. The van der Waals surface area contributed by atoms with Crippen LogP contribution >= 0.6 is 0 Å². The van der Waals surface area contributed by atoms with Gasteiger partial charge in [0.1, 0.15) is 5.75 Å². The van der Waals surface area contributed by atoms with Crippen molar-refractivity contribution < 1.29 is 14.3 Å². The Hall–Kier alpha value is -1.62. The van der Waals surface area contributed by atoms with E-state index in [1.165, 1.54) is 7.11 Å². The van der Waals surface area contributed by atoms with Gasteiger partial charge in [0.25, 0.3) is 0 Å². The molecule has 1 aromatic heterocycles. The number of ether oxygens (including phenoxy) is 2.